The van der Waals surface area contributed by atoms with Crippen LogP contribution in [0.4, 0.5) is 11.5 Å². The summed E-state index contributed by atoms with van der Waals surface area (Å²) in [6.07, 6.45) is 11.3. The maximum atomic E-state index is 12.5. The van der Waals surface area contributed by atoms with E-state index in [2.05, 4.69) is 20.3 Å². The predicted molar refractivity (Wildman–Crippen MR) is 139 cm³/mol. The summed E-state index contributed by atoms with van der Waals surface area (Å²) >= 11 is 0. The van der Waals surface area contributed by atoms with E-state index in [-0.39, 0.29) is 17.5 Å². The van der Waals surface area contributed by atoms with Crippen molar-refractivity contribution < 1.29 is 19.4 Å². The van der Waals surface area contributed by atoms with Crippen molar-refractivity contribution in [1.29, 1.82) is 0 Å². The van der Waals surface area contributed by atoms with Crippen molar-refractivity contribution in [3.05, 3.63) is 72.6 Å². The summed E-state index contributed by atoms with van der Waals surface area (Å²) in [7, 11) is 0. The highest BCUT2D eigenvalue weighted by molar-refractivity contribution is 6.42. The first-order valence-corrected chi connectivity index (χ1v) is 12.1. The summed E-state index contributed by atoms with van der Waals surface area (Å²) in [5.74, 6) is 0.608. The van der Waals surface area contributed by atoms with Crippen LogP contribution in [-0.4, -0.2) is 58.4 Å². The van der Waals surface area contributed by atoms with Gasteiger partial charge in [0.25, 0.3) is 5.91 Å². The zero-order chi connectivity index (χ0) is 25.5. The summed E-state index contributed by atoms with van der Waals surface area (Å²) in [5.41, 5.74) is 1.21. The number of hydrazone groups is 1. The molecule has 1 unspecified atom stereocenters. The number of allylic oxidation sites excluding steroid dienone is 2. The maximum Gasteiger partial charge on any atom is 0.335 e. The molecule has 9 heteroatoms. The van der Waals surface area contributed by atoms with Gasteiger partial charge in [0.05, 0.1) is 30.1 Å². The van der Waals surface area contributed by atoms with Crippen LogP contribution in [0.5, 0.6) is 5.75 Å². The van der Waals surface area contributed by atoms with Gasteiger partial charge in [-0.3, -0.25) is 9.80 Å². The fraction of sp³-hybridized carbons (Fsp3) is 0.333. The van der Waals surface area contributed by atoms with Crippen LogP contribution in [0.25, 0.3) is 0 Å². The Balaban J connectivity index is 1.24. The number of piperidine rings is 1. The third-order valence-corrected chi connectivity index (χ3v) is 6.26. The van der Waals surface area contributed by atoms with Gasteiger partial charge in [0.15, 0.2) is 0 Å². The predicted octanol–water partition coefficient (Wildman–Crippen LogP) is 4.16. The van der Waals surface area contributed by atoms with Crippen LogP contribution >= 0.6 is 0 Å². The van der Waals surface area contributed by atoms with Crippen LogP contribution in [0, 0.1) is 5.92 Å². The average molecular weight is 490 g/mol. The molecule has 0 saturated carbocycles. The molecule has 0 spiro atoms. The second kappa shape index (κ2) is 11.5. The second-order valence-electron chi connectivity index (χ2n) is 8.97. The third-order valence-electron chi connectivity index (χ3n) is 6.26. The third kappa shape index (κ3) is 6.50. The Labute approximate surface area is 210 Å². The Morgan fingerprint density at radius 1 is 1.19 bits per heavy atom. The number of aromatic carboxylic acids is 1. The lowest BCUT2D eigenvalue weighted by molar-refractivity contribution is -0.110. The molecular weight excluding hydrogens is 458 g/mol. The standard InChI is InChI=1S/C27H31N5O4/c1-19-6-3-4-13-32(19)30-20(2)26(33)29-23-9-10-25(28-17-23)31-14-11-21(12-15-31)18-36-24-8-5-7-22(16-24)27(34)35/h3-10,13,16-17,19,21H,11-12,14-15,18H2,1-2H3,(H,29,33)(H,34,35)/b30-20+. The van der Waals surface area contributed by atoms with Gasteiger partial charge in [-0.1, -0.05) is 18.2 Å². The molecular formula is C27H31N5O4. The number of hydrogen-bond donors (Lipinski definition) is 2. The number of rotatable bonds is 8. The Bertz CT molecular complexity index is 1170. The van der Waals surface area contributed by atoms with Crippen molar-refractivity contribution in [2.75, 3.05) is 29.9 Å². The van der Waals surface area contributed by atoms with E-state index in [4.69, 9.17) is 9.84 Å². The lowest BCUT2D eigenvalue weighted by Gasteiger charge is -2.32. The summed E-state index contributed by atoms with van der Waals surface area (Å²) in [6, 6.07) is 10.4. The summed E-state index contributed by atoms with van der Waals surface area (Å²) in [5, 5.41) is 18.1. The largest absolute Gasteiger partial charge is 0.493 e. The van der Waals surface area contributed by atoms with E-state index < -0.39 is 5.97 Å². The van der Waals surface area contributed by atoms with Crippen molar-refractivity contribution in [2.45, 2.75) is 32.7 Å². The van der Waals surface area contributed by atoms with E-state index in [9.17, 15) is 9.59 Å². The SMILES string of the molecule is C/C(=N\N1C=CC=CC1C)C(=O)Nc1ccc(N2CCC(COc3cccc(C(=O)O)c3)CC2)nc1. The van der Waals surface area contributed by atoms with E-state index in [1.165, 1.54) is 0 Å². The minimum atomic E-state index is -0.961. The lowest BCUT2D eigenvalue weighted by atomic mass is 9.98. The van der Waals surface area contributed by atoms with Crippen molar-refractivity contribution in [2.24, 2.45) is 11.0 Å². The normalized spacial score (nSPS) is 18.3. The van der Waals surface area contributed by atoms with Crippen LogP contribution < -0.4 is 15.0 Å². The first-order chi connectivity index (χ1) is 17.4. The summed E-state index contributed by atoms with van der Waals surface area (Å²) in [4.78, 5) is 30.4. The number of ether oxygens (including phenoxy) is 1. The fourth-order valence-corrected chi connectivity index (χ4v) is 4.06. The number of aromatic nitrogens is 1. The zero-order valence-electron chi connectivity index (χ0n) is 20.5. The van der Waals surface area contributed by atoms with Crippen molar-refractivity contribution in [1.82, 2.24) is 9.99 Å². The van der Waals surface area contributed by atoms with Crippen LogP contribution in [0.3, 0.4) is 0 Å². The number of carbonyl (C=O) groups excluding carboxylic acids is 1. The molecule has 2 N–H and O–H groups in total. The molecule has 0 aliphatic carbocycles. The van der Waals surface area contributed by atoms with E-state index in [1.807, 2.05) is 43.5 Å². The molecule has 1 aromatic heterocycles. The number of carboxylic acid groups (broad SMARTS) is 1. The van der Waals surface area contributed by atoms with Crippen LogP contribution in [0.2, 0.25) is 0 Å². The zero-order valence-corrected chi connectivity index (χ0v) is 20.5. The summed E-state index contributed by atoms with van der Waals surface area (Å²) in [6.45, 7) is 5.95. The van der Waals surface area contributed by atoms with E-state index in [0.29, 0.717) is 29.7 Å². The van der Waals surface area contributed by atoms with Gasteiger partial charge in [0.2, 0.25) is 0 Å². The number of amides is 1. The topological polar surface area (TPSA) is 107 Å². The highest BCUT2D eigenvalue weighted by Crippen LogP contribution is 2.24. The average Bonchev–Trinajstić information content (AvgIpc) is 2.89. The molecule has 1 atom stereocenters. The fourth-order valence-electron chi connectivity index (χ4n) is 4.06. The number of benzene rings is 1. The highest BCUT2D eigenvalue weighted by Gasteiger charge is 2.21. The molecule has 1 saturated heterocycles. The molecule has 3 heterocycles. The van der Waals surface area contributed by atoms with Gasteiger partial charge in [0.1, 0.15) is 17.3 Å². The minimum Gasteiger partial charge on any atom is -0.493 e. The quantitative estimate of drug-likeness (QED) is 0.536. The molecule has 4 rings (SSSR count). The van der Waals surface area contributed by atoms with Gasteiger partial charge in [-0.2, -0.15) is 5.10 Å². The van der Waals surface area contributed by atoms with E-state index >= 15 is 0 Å². The molecule has 2 aromatic rings. The van der Waals surface area contributed by atoms with Crippen molar-refractivity contribution in [3.63, 3.8) is 0 Å². The monoisotopic (exact) mass is 489 g/mol. The minimum absolute atomic E-state index is 0.0949. The number of carboxylic acids is 1. The maximum absolute atomic E-state index is 12.5. The van der Waals surface area contributed by atoms with Gasteiger partial charge < -0.3 is 20.1 Å². The molecule has 0 bridgehead atoms. The molecule has 2 aliphatic rings. The number of anilines is 2. The van der Waals surface area contributed by atoms with Crippen molar-refractivity contribution >= 4 is 29.1 Å². The first-order valence-electron chi connectivity index (χ1n) is 12.1. The molecule has 1 aromatic carbocycles. The molecule has 9 nitrogen and oxygen atoms in total. The number of hydrogen-bond acceptors (Lipinski definition) is 7. The Morgan fingerprint density at radius 2 is 2.00 bits per heavy atom. The van der Waals surface area contributed by atoms with Crippen LogP contribution in [-0.2, 0) is 4.79 Å². The number of pyridine rings is 1. The first kappa shape index (κ1) is 25.0. The Morgan fingerprint density at radius 3 is 2.69 bits per heavy atom. The van der Waals surface area contributed by atoms with E-state index in [0.717, 1.165) is 31.7 Å². The molecule has 1 amide bonds. The van der Waals surface area contributed by atoms with Crippen LogP contribution in [0.15, 0.2) is 72.1 Å². The van der Waals surface area contributed by atoms with Gasteiger partial charge in [-0.15, -0.1) is 0 Å². The van der Waals surface area contributed by atoms with E-state index in [1.54, 1.807) is 42.4 Å². The van der Waals surface area contributed by atoms with Crippen molar-refractivity contribution in [3.8, 4) is 5.75 Å². The van der Waals surface area contributed by atoms with Gasteiger partial charge >= 0.3 is 5.97 Å². The molecule has 0 radical (unpaired) electrons. The smallest absolute Gasteiger partial charge is 0.335 e. The van der Waals surface area contributed by atoms with Gasteiger partial charge in [0, 0.05) is 19.3 Å². The highest BCUT2D eigenvalue weighted by atomic mass is 16.5. The molecule has 188 valence electrons. The number of nitrogens with one attached hydrogen (secondary N) is 1. The number of nitrogens with zero attached hydrogens (tertiary/aromatic N) is 4. The molecule has 1 fully saturated rings. The summed E-state index contributed by atoms with van der Waals surface area (Å²) < 4.78 is 5.85. The molecule has 36 heavy (non-hydrogen) atoms. The Kier molecular flexibility index (Phi) is 7.99. The second-order valence-corrected chi connectivity index (χ2v) is 8.97. The van der Waals surface area contributed by atoms with Gasteiger partial charge in [-0.25, -0.2) is 9.78 Å². The number of carbonyl (C=O) groups is 2. The Hall–Kier alpha value is -4.14. The lowest BCUT2D eigenvalue weighted by Crippen LogP contribution is -2.36. The molecule has 2 aliphatic heterocycles. The van der Waals surface area contributed by atoms with Gasteiger partial charge in [-0.05, 0) is 69.0 Å². The van der Waals surface area contributed by atoms with Crippen LogP contribution in [0.1, 0.15) is 37.0 Å².